The second-order valence-corrected chi connectivity index (χ2v) is 5.83. The zero-order chi connectivity index (χ0) is 9.80. The Kier molecular flexibility index (Phi) is 3.82. The number of benzene rings is 1. The number of hydrogen-bond acceptors (Lipinski definition) is 2. The molecule has 0 nitrogen and oxygen atoms in total. The van der Waals surface area contributed by atoms with Gasteiger partial charge in [-0.15, -0.1) is 11.8 Å². The highest BCUT2D eigenvalue weighted by atomic mass is 32.2. The second-order valence-electron chi connectivity index (χ2n) is 3.62. The molecule has 1 heterocycles. The molecule has 0 saturated heterocycles. The predicted octanol–water partition coefficient (Wildman–Crippen LogP) is 4.02. The lowest BCUT2D eigenvalue weighted by Crippen LogP contribution is -2.00. The van der Waals surface area contributed by atoms with Crippen molar-refractivity contribution in [2.75, 3.05) is 17.3 Å². The van der Waals surface area contributed by atoms with Crippen molar-refractivity contribution in [1.29, 1.82) is 0 Å². The number of thioether (sulfide) groups is 2. The Morgan fingerprint density at radius 2 is 2.29 bits per heavy atom. The van der Waals surface area contributed by atoms with Gasteiger partial charge in [0.15, 0.2) is 0 Å². The van der Waals surface area contributed by atoms with Gasteiger partial charge in [0.25, 0.3) is 0 Å². The molecule has 0 amide bonds. The average Bonchev–Trinajstić information content (AvgIpc) is 2.63. The van der Waals surface area contributed by atoms with Gasteiger partial charge >= 0.3 is 0 Å². The first-order valence-electron chi connectivity index (χ1n) is 5.21. The second kappa shape index (κ2) is 5.13. The normalized spacial score (nSPS) is 19.6. The molecule has 76 valence electrons. The van der Waals surface area contributed by atoms with Crippen LogP contribution in [0, 0.1) is 0 Å². The first-order valence-corrected chi connectivity index (χ1v) is 7.35. The monoisotopic (exact) mass is 224 g/mol. The van der Waals surface area contributed by atoms with E-state index in [0.29, 0.717) is 0 Å². The third kappa shape index (κ3) is 2.29. The zero-order valence-corrected chi connectivity index (χ0v) is 10.2. The molecule has 1 atom stereocenters. The Morgan fingerprint density at radius 1 is 1.43 bits per heavy atom. The molecular formula is C12H16S2. The molecule has 0 aliphatic carbocycles. The summed E-state index contributed by atoms with van der Waals surface area (Å²) < 4.78 is 0. The molecule has 14 heavy (non-hydrogen) atoms. The summed E-state index contributed by atoms with van der Waals surface area (Å²) >= 11 is 4.12. The maximum absolute atomic E-state index is 2.30. The SMILES string of the molecule is CCCSCC1CSc2ccccc21. The molecule has 2 rings (SSSR count). The number of hydrogen-bond donors (Lipinski definition) is 0. The van der Waals surface area contributed by atoms with E-state index in [0.717, 1.165) is 5.92 Å². The van der Waals surface area contributed by atoms with Gasteiger partial charge in [-0.25, -0.2) is 0 Å². The molecular weight excluding hydrogens is 208 g/mol. The topological polar surface area (TPSA) is 0 Å². The fourth-order valence-electron chi connectivity index (χ4n) is 1.74. The molecule has 2 heteroatoms. The standard InChI is InChI=1S/C12H16S2/c1-2-7-13-8-10-9-14-12-6-4-3-5-11(10)12/h3-6,10H,2,7-9H2,1H3. The lowest BCUT2D eigenvalue weighted by atomic mass is 10.0. The fraction of sp³-hybridized carbons (Fsp3) is 0.500. The van der Waals surface area contributed by atoms with Crippen LogP contribution in [0.25, 0.3) is 0 Å². The molecule has 0 N–H and O–H groups in total. The van der Waals surface area contributed by atoms with E-state index in [9.17, 15) is 0 Å². The van der Waals surface area contributed by atoms with Crippen molar-refractivity contribution in [3.63, 3.8) is 0 Å². The van der Waals surface area contributed by atoms with E-state index in [2.05, 4.69) is 43.0 Å². The third-order valence-corrected chi connectivity index (χ3v) is 5.05. The van der Waals surface area contributed by atoms with E-state index in [1.165, 1.54) is 28.6 Å². The molecule has 0 spiro atoms. The van der Waals surface area contributed by atoms with Gasteiger partial charge in [-0.2, -0.15) is 11.8 Å². The average molecular weight is 224 g/mol. The minimum absolute atomic E-state index is 0.799. The summed E-state index contributed by atoms with van der Waals surface area (Å²) in [4.78, 5) is 1.51. The van der Waals surface area contributed by atoms with Crippen molar-refractivity contribution in [3.05, 3.63) is 29.8 Å². The minimum atomic E-state index is 0.799. The van der Waals surface area contributed by atoms with Gasteiger partial charge in [-0.3, -0.25) is 0 Å². The van der Waals surface area contributed by atoms with Gasteiger partial charge in [-0.05, 0) is 23.8 Å². The summed E-state index contributed by atoms with van der Waals surface area (Å²) in [5.74, 6) is 4.70. The maximum atomic E-state index is 2.30. The molecule has 1 aromatic carbocycles. The van der Waals surface area contributed by atoms with Gasteiger partial charge < -0.3 is 0 Å². The first kappa shape index (κ1) is 10.4. The molecule has 1 aromatic rings. The zero-order valence-electron chi connectivity index (χ0n) is 8.53. The smallest absolute Gasteiger partial charge is 0.0108 e. The van der Waals surface area contributed by atoms with E-state index in [4.69, 9.17) is 0 Å². The Bertz CT molecular complexity index is 296. The molecule has 0 aromatic heterocycles. The van der Waals surface area contributed by atoms with Gasteiger partial charge in [0, 0.05) is 22.3 Å². The van der Waals surface area contributed by atoms with E-state index in [1.54, 1.807) is 5.56 Å². The van der Waals surface area contributed by atoms with Crippen LogP contribution in [0.5, 0.6) is 0 Å². The lowest BCUT2D eigenvalue weighted by Gasteiger charge is -2.09. The van der Waals surface area contributed by atoms with Crippen LogP contribution in [0.3, 0.4) is 0 Å². The van der Waals surface area contributed by atoms with Crippen LogP contribution in [0.1, 0.15) is 24.8 Å². The summed E-state index contributed by atoms with van der Waals surface area (Å²) in [5.41, 5.74) is 1.58. The van der Waals surface area contributed by atoms with Crippen molar-refractivity contribution in [2.24, 2.45) is 0 Å². The van der Waals surface area contributed by atoms with E-state index in [1.807, 2.05) is 11.8 Å². The van der Waals surface area contributed by atoms with Crippen LogP contribution in [0.15, 0.2) is 29.2 Å². The van der Waals surface area contributed by atoms with E-state index >= 15 is 0 Å². The largest absolute Gasteiger partial charge is 0.161 e. The van der Waals surface area contributed by atoms with Crippen LogP contribution < -0.4 is 0 Å². The van der Waals surface area contributed by atoms with Crippen LogP contribution >= 0.6 is 23.5 Å². The van der Waals surface area contributed by atoms with E-state index in [-0.39, 0.29) is 0 Å². The van der Waals surface area contributed by atoms with Crippen LogP contribution in [0.4, 0.5) is 0 Å². The molecule has 0 bridgehead atoms. The summed E-state index contributed by atoms with van der Waals surface area (Å²) in [6.07, 6.45) is 1.30. The van der Waals surface area contributed by atoms with E-state index < -0.39 is 0 Å². The summed E-state index contributed by atoms with van der Waals surface area (Å²) in [6.45, 7) is 2.25. The molecule has 1 aliphatic heterocycles. The van der Waals surface area contributed by atoms with Crippen molar-refractivity contribution in [1.82, 2.24) is 0 Å². The van der Waals surface area contributed by atoms with Crippen LogP contribution in [-0.4, -0.2) is 17.3 Å². The molecule has 0 saturated carbocycles. The van der Waals surface area contributed by atoms with Crippen molar-refractivity contribution in [3.8, 4) is 0 Å². The van der Waals surface area contributed by atoms with Gasteiger partial charge in [0.05, 0.1) is 0 Å². The Hall–Kier alpha value is -0.0800. The third-order valence-electron chi connectivity index (χ3n) is 2.47. The molecule has 0 radical (unpaired) electrons. The van der Waals surface area contributed by atoms with Crippen molar-refractivity contribution < 1.29 is 0 Å². The first-order chi connectivity index (χ1) is 6.92. The Balaban J connectivity index is 1.96. The Morgan fingerprint density at radius 3 is 3.14 bits per heavy atom. The van der Waals surface area contributed by atoms with Crippen LogP contribution in [0.2, 0.25) is 0 Å². The molecule has 0 fully saturated rings. The lowest BCUT2D eigenvalue weighted by molar-refractivity contribution is 0.894. The summed E-state index contributed by atoms with van der Waals surface area (Å²) in [5, 5.41) is 0. The number of rotatable bonds is 4. The van der Waals surface area contributed by atoms with Crippen LogP contribution in [-0.2, 0) is 0 Å². The number of fused-ring (bicyclic) bond motifs is 1. The maximum Gasteiger partial charge on any atom is 0.0108 e. The Labute approximate surface area is 94.9 Å². The molecule has 1 aliphatic rings. The summed E-state index contributed by atoms with van der Waals surface area (Å²) in [6, 6.07) is 8.87. The van der Waals surface area contributed by atoms with Gasteiger partial charge in [0.1, 0.15) is 0 Å². The van der Waals surface area contributed by atoms with Gasteiger partial charge in [0.2, 0.25) is 0 Å². The predicted molar refractivity (Wildman–Crippen MR) is 67.5 cm³/mol. The highest BCUT2D eigenvalue weighted by molar-refractivity contribution is 8.00. The quantitative estimate of drug-likeness (QED) is 0.709. The van der Waals surface area contributed by atoms with Crippen molar-refractivity contribution in [2.45, 2.75) is 24.2 Å². The highest BCUT2D eigenvalue weighted by Gasteiger charge is 2.21. The molecule has 1 unspecified atom stereocenters. The minimum Gasteiger partial charge on any atom is -0.161 e. The fourth-order valence-corrected chi connectivity index (χ4v) is 4.18. The summed E-state index contributed by atoms with van der Waals surface area (Å²) in [7, 11) is 0. The van der Waals surface area contributed by atoms with Crippen molar-refractivity contribution >= 4 is 23.5 Å². The highest BCUT2D eigenvalue weighted by Crippen LogP contribution is 2.40. The van der Waals surface area contributed by atoms with Gasteiger partial charge in [-0.1, -0.05) is 25.1 Å².